The van der Waals surface area contributed by atoms with Crippen LogP contribution in [0.25, 0.3) is 0 Å². The van der Waals surface area contributed by atoms with Crippen molar-refractivity contribution in [2.45, 2.75) is 52.4 Å². The largest absolute Gasteiger partial charge is 0.357 e. The predicted octanol–water partition coefficient (Wildman–Crippen LogP) is 3.30. The maximum atomic E-state index is 4.73. The highest BCUT2D eigenvalue weighted by Crippen LogP contribution is 2.13. The molecule has 25 heavy (non-hydrogen) atoms. The van der Waals surface area contributed by atoms with Crippen molar-refractivity contribution in [1.82, 2.24) is 20.5 Å². The first-order valence-electron chi connectivity index (χ1n) is 9.50. The summed E-state index contributed by atoms with van der Waals surface area (Å²) in [5.41, 5.74) is 0. The molecule has 1 fully saturated rings. The molecule has 144 valence electrons. The molecule has 0 atom stereocenters. The van der Waals surface area contributed by atoms with E-state index in [0.29, 0.717) is 0 Å². The van der Waals surface area contributed by atoms with Gasteiger partial charge in [-0.05, 0) is 39.3 Å². The third kappa shape index (κ3) is 9.19. The zero-order valence-electron chi connectivity index (χ0n) is 15.7. The molecule has 1 saturated heterocycles. The van der Waals surface area contributed by atoms with Gasteiger partial charge in [0.1, 0.15) is 0 Å². The molecule has 1 aromatic rings. The van der Waals surface area contributed by atoms with Crippen molar-refractivity contribution in [2.24, 2.45) is 4.99 Å². The van der Waals surface area contributed by atoms with E-state index in [2.05, 4.69) is 34.4 Å². The summed E-state index contributed by atoms with van der Waals surface area (Å²) < 4.78 is 0. The molecule has 2 N–H and O–H groups in total. The van der Waals surface area contributed by atoms with E-state index in [1.807, 2.05) is 17.5 Å². The van der Waals surface area contributed by atoms with E-state index >= 15 is 0 Å². The van der Waals surface area contributed by atoms with Gasteiger partial charge in [-0.1, -0.05) is 19.8 Å². The van der Waals surface area contributed by atoms with Crippen LogP contribution >= 0.6 is 35.3 Å². The van der Waals surface area contributed by atoms with Crippen molar-refractivity contribution in [3.05, 3.63) is 16.1 Å². The molecule has 2 heterocycles. The number of likely N-dealkylation sites (tertiary alicyclic amines) is 1. The Morgan fingerprint density at radius 1 is 1.20 bits per heavy atom. The van der Waals surface area contributed by atoms with E-state index < -0.39 is 0 Å². The zero-order valence-corrected chi connectivity index (χ0v) is 18.9. The van der Waals surface area contributed by atoms with Gasteiger partial charge in [0.2, 0.25) is 0 Å². The van der Waals surface area contributed by atoms with Crippen molar-refractivity contribution < 1.29 is 0 Å². The highest BCUT2D eigenvalue weighted by Gasteiger charge is 2.08. The molecule has 0 saturated carbocycles. The minimum atomic E-state index is 0. The van der Waals surface area contributed by atoms with Gasteiger partial charge >= 0.3 is 0 Å². The van der Waals surface area contributed by atoms with Crippen molar-refractivity contribution >= 4 is 41.3 Å². The molecular weight excluding hydrogens is 445 g/mol. The summed E-state index contributed by atoms with van der Waals surface area (Å²) in [7, 11) is 0. The summed E-state index contributed by atoms with van der Waals surface area (Å²) in [6.07, 6.45) is 9.50. The van der Waals surface area contributed by atoms with Gasteiger partial charge in [0.05, 0.1) is 11.6 Å². The SMILES string of the molecule is CCNC(=NCCN1CCCCCC1)NCCc1ncc(CC)s1.I. The number of nitrogens with zero attached hydrogens (tertiary/aromatic N) is 3. The topological polar surface area (TPSA) is 52.6 Å². The van der Waals surface area contributed by atoms with E-state index in [-0.39, 0.29) is 24.0 Å². The van der Waals surface area contributed by atoms with Crippen LogP contribution in [0.4, 0.5) is 0 Å². The van der Waals surface area contributed by atoms with Gasteiger partial charge in [-0.15, -0.1) is 35.3 Å². The fourth-order valence-corrected chi connectivity index (χ4v) is 3.78. The highest BCUT2D eigenvalue weighted by molar-refractivity contribution is 14.0. The number of aryl methyl sites for hydroxylation is 1. The van der Waals surface area contributed by atoms with Crippen LogP contribution in [0, 0.1) is 0 Å². The molecule has 0 unspecified atom stereocenters. The maximum Gasteiger partial charge on any atom is 0.191 e. The van der Waals surface area contributed by atoms with Crippen molar-refractivity contribution in [3.8, 4) is 0 Å². The second-order valence-corrected chi connectivity index (χ2v) is 7.47. The number of rotatable bonds is 8. The quantitative estimate of drug-likeness (QED) is 0.342. The lowest BCUT2D eigenvalue weighted by Gasteiger charge is -2.18. The van der Waals surface area contributed by atoms with Gasteiger partial charge in [-0.2, -0.15) is 0 Å². The Morgan fingerprint density at radius 2 is 1.96 bits per heavy atom. The Kier molecular flexibility index (Phi) is 12.4. The third-order valence-corrected chi connectivity index (χ3v) is 5.51. The van der Waals surface area contributed by atoms with Crippen LogP contribution in [0.1, 0.15) is 49.4 Å². The highest BCUT2D eigenvalue weighted by atomic mass is 127. The average molecular weight is 479 g/mol. The first kappa shape index (κ1) is 22.6. The summed E-state index contributed by atoms with van der Waals surface area (Å²) in [5.74, 6) is 0.930. The Morgan fingerprint density at radius 3 is 2.60 bits per heavy atom. The molecule has 1 aliphatic rings. The number of nitrogens with one attached hydrogen (secondary N) is 2. The summed E-state index contributed by atoms with van der Waals surface area (Å²) in [4.78, 5) is 13.1. The van der Waals surface area contributed by atoms with Crippen molar-refractivity contribution in [2.75, 3.05) is 39.3 Å². The van der Waals surface area contributed by atoms with E-state index in [1.54, 1.807) is 0 Å². The minimum Gasteiger partial charge on any atom is -0.357 e. The number of aliphatic imine (C=N–C) groups is 1. The lowest BCUT2D eigenvalue weighted by Crippen LogP contribution is -2.39. The van der Waals surface area contributed by atoms with Gasteiger partial charge in [-0.3, -0.25) is 4.99 Å². The number of aromatic nitrogens is 1. The van der Waals surface area contributed by atoms with Crippen LogP contribution in [-0.4, -0.2) is 55.1 Å². The van der Waals surface area contributed by atoms with Crippen molar-refractivity contribution in [1.29, 1.82) is 0 Å². The Hall–Kier alpha value is -0.410. The van der Waals surface area contributed by atoms with Crippen LogP contribution in [0.5, 0.6) is 0 Å². The predicted molar refractivity (Wildman–Crippen MR) is 120 cm³/mol. The molecule has 7 heteroatoms. The third-order valence-electron chi connectivity index (χ3n) is 4.31. The zero-order chi connectivity index (χ0) is 17.0. The fraction of sp³-hybridized carbons (Fsp3) is 0.778. The van der Waals surface area contributed by atoms with Crippen LogP contribution in [-0.2, 0) is 12.8 Å². The average Bonchev–Trinajstić information content (AvgIpc) is 2.89. The molecule has 2 rings (SSSR count). The standard InChI is InChI=1S/C18H33N5S.HI/c1-3-16-15-22-17(24-16)9-10-20-18(19-4-2)21-11-14-23-12-7-5-6-8-13-23;/h15H,3-14H2,1-2H3,(H2,19,20,21);1H. The van der Waals surface area contributed by atoms with E-state index in [4.69, 9.17) is 4.99 Å². The second kappa shape index (κ2) is 13.7. The van der Waals surface area contributed by atoms with Crippen LogP contribution in [0.2, 0.25) is 0 Å². The number of guanidine groups is 1. The monoisotopic (exact) mass is 479 g/mol. The molecule has 0 radical (unpaired) electrons. The molecular formula is C18H34IN5S. The molecule has 1 aliphatic heterocycles. The number of thiazole rings is 1. The van der Waals surface area contributed by atoms with E-state index in [0.717, 1.165) is 45.0 Å². The number of hydrogen-bond acceptors (Lipinski definition) is 4. The Bertz CT molecular complexity index is 484. The molecule has 0 aromatic carbocycles. The summed E-state index contributed by atoms with van der Waals surface area (Å²) in [6.45, 7) is 10.5. The summed E-state index contributed by atoms with van der Waals surface area (Å²) in [5, 5.41) is 7.98. The van der Waals surface area contributed by atoms with Gasteiger partial charge < -0.3 is 15.5 Å². The van der Waals surface area contributed by atoms with Gasteiger partial charge in [0, 0.05) is 37.1 Å². The lowest BCUT2D eigenvalue weighted by atomic mass is 10.2. The lowest BCUT2D eigenvalue weighted by molar-refractivity contribution is 0.293. The van der Waals surface area contributed by atoms with Gasteiger partial charge in [0.15, 0.2) is 5.96 Å². The molecule has 1 aromatic heterocycles. The Balaban J connectivity index is 0.00000312. The molecule has 0 aliphatic carbocycles. The van der Waals surface area contributed by atoms with Crippen LogP contribution in [0.3, 0.4) is 0 Å². The first-order chi connectivity index (χ1) is 11.8. The van der Waals surface area contributed by atoms with Gasteiger partial charge in [0.25, 0.3) is 0 Å². The maximum absolute atomic E-state index is 4.73. The molecule has 0 amide bonds. The molecule has 5 nitrogen and oxygen atoms in total. The Labute approximate surface area is 174 Å². The smallest absolute Gasteiger partial charge is 0.191 e. The molecule has 0 bridgehead atoms. The molecule has 0 spiro atoms. The summed E-state index contributed by atoms with van der Waals surface area (Å²) >= 11 is 1.82. The van der Waals surface area contributed by atoms with Crippen LogP contribution < -0.4 is 10.6 Å². The minimum absolute atomic E-state index is 0. The van der Waals surface area contributed by atoms with Gasteiger partial charge in [-0.25, -0.2) is 4.98 Å². The van der Waals surface area contributed by atoms with E-state index in [9.17, 15) is 0 Å². The van der Waals surface area contributed by atoms with Crippen molar-refractivity contribution in [3.63, 3.8) is 0 Å². The first-order valence-corrected chi connectivity index (χ1v) is 10.3. The fourth-order valence-electron chi connectivity index (χ4n) is 2.92. The van der Waals surface area contributed by atoms with E-state index in [1.165, 1.54) is 48.7 Å². The van der Waals surface area contributed by atoms with Crippen LogP contribution in [0.15, 0.2) is 11.2 Å². The summed E-state index contributed by atoms with van der Waals surface area (Å²) in [6, 6.07) is 0. The number of halogens is 1. The second-order valence-electron chi connectivity index (χ2n) is 6.27. The normalized spacial score (nSPS) is 16.2. The number of hydrogen-bond donors (Lipinski definition) is 2.